The van der Waals surface area contributed by atoms with Crippen LogP contribution in [0.5, 0.6) is 0 Å². The van der Waals surface area contributed by atoms with Crippen LogP contribution in [-0.4, -0.2) is 44.1 Å². The Bertz CT molecular complexity index is 631. The van der Waals surface area contributed by atoms with E-state index in [0.717, 1.165) is 55.7 Å². The molecule has 3 heterocycles. The molecule has 1 aliphatic rings. The van der Waals surface area contributed by atoms with E-state index in [9.17, 15) is 0 Å². The minimum atomic E-state index is 0.666. The van der Waals surface area contributed by atoms with Crippen molar-refractivity contribution >= 4 is 17.7 Å². The van der Waals surface area contributed by atoms with Crippen molar-refractivity contribution in [2.75, 3.05) is 24.2 Å². The van der Waals surface area contributed by atoms with Gasteiger partial charge in [-0.15, -0.1) is 10.2 Å². The molecule has 0 atom stereocenters. The molecule has 3 rings (SSSR count). The summed E-state index contributed by atoms with van der Waals surface area (Å²) in [6, 6.07) is 0. The standard InChI is InChI=1S/C16H24N6S/c1-4-12-10-17-15(18-11-12)22-7-5-13(6-8-22)9-14-19-20-16(23-3)21(14)2/h10-11,13H,4-9H2,1-3H3. The van der Waals surface area contributed by atoms with Gasteiger partial charge < -0.3 is 9.47 Å². The number of piperidine rings is 1. The fourth-order valence-corrected chi connectivity index (χ4v) is 3.49. The second-order valence-electron chi connectivity index (χ2n) is 6.04. The first-order valence-corrected chi connectivity index (χ1v) is 9.41. The van der Waals surface area contributed by atoms with E-state index in [1.54, 1.807) is 11.8 Å². The molecule has 0 amide bonds. The van der Waals surface area contributed by atoms with Crippen LogP contribution in [-0.2, 0) is 19.9 Å². The van der Waals surface area contributed by atoms with Gasteiger partial charge in [-0.3, -0.25) is 0 Å². The van der Waals surface area contributed by atoms with E-state index in [-0.39, 0.29) is 0 Å². The van der Waals surface area contributed by atoms with E-state index in [0.29, 0.717) is 5.92 Å². The van der Waals surface area contributed by atoms with Gasteiger partial charge in [0.05, 0.1) is 0 Å². The van der Waals surface area contributed by atoms with Crippen LogP contribution in [0.4, 0.5) is 5.95 Å². The summed E-state index contributed by atoms with van der Waals surface area (Å²) in [5.41, 5.74) is 1.19. The van der Waals surface area contributed by atoms with E-state index in [4.69, 9.17) is 0 Å². The number of thioether (sulfide) groups is 1. The maximum Gasteiger partial charge on any atom is 0.225 e. The zero-order valence-electron chi connectivity index (χ0n) is 14.1. The first kappa shape index (κ1) is 16.2. The zero-order valence-corrected chi connectivity index (χ0v) is 14.9. The summed E-state index contributed by atoms with van der Waals surface area (Å²) in [7, 11) is 2.05. The maximum absolute atomic E-state index is 4.50. The van der Waals surface area contributed by atoms with Crippen LogP contribution >= 0.6 is 11.8 Å². The molecule has 1 fully saturated rings. The molecular weight excluding hydrogens is 308 g/mol. The summed E-state index contributed by atoms with van der Waals surface area (Å²) in [4.78, 5) is 11.3. The second kappa shape index (κ2) is 7.29. The topological polar surface area (TPSA) is 59.7 Å². The summed E-state index contributed by atoms with van der Waals surface area (Å²) in [5, 5.41) is 9.54. The fraction of sp³-hybridized carbons (Fsp3) is 0.625. The molecule has 124 valence electrons. The fourth-order valence-electron chi connectivity index (χ4n) is 2.99. The molecule has 0 N–H and O–H groups in total. The number of nitrogens with zero attached hydrogens (tertiary/aromatic N) is 6. The summed E-state index contributed by atoms with van der Waals surface area (Å²) in [6.07, 6.45) is 10.2. The van der Waals surface area contributed by atoms with Crippen LogP contribution in [0.25, 0.3) is 0 Å². The zero-order chi connectivity index (χ0) is 16.2. The number of aromatic nitrogens is 5. The molecule has 0 unspecified atom stereocenters. The van der Waals surface area contributed by atoms with E-state index < -0.39 is 0 Å². The summed E-state index contributed by atoms with van der Waals surface area (Å²) in [5.74, 6) is 2.62. The van der Waals surface area contributed by atoms with Crippen LogP contribution < -0.4 is 4.90 Å². The third-order valence-electron chi connectivity index (χ3n) is 4.58. The number of hydrogen-bond donors (Lipinski definition) is 0. The van der Waals surface area contributed by atoms with Crippen molar-refractivity contribution in [1.82, 2.24) is 24.7 Å². The summed E-state index contributed by atoms with van der Waals surface area (Å²) >= 11 is 1.64. The molecule has 2 aromatic heterocycles. The highest BCUT2D eigenvalue weighted by atomic mass is 32.2. The molecule has 2 aromatic rings. The van der Waals surface area contributed by atoms with E-state index >= 15 is 0 Å². The molecule has 0 radical (unpaired) electrons. The van der Waals surface area contributed by atoms with Gasteiger partial charge in [0.1, 0.15) is 5.82 Å². The van der Waals surface area contributed by atoms with E-state index in [1.165, 1.54) is 5.56 Å². The van der Waals surface area contributed by atoms with Crippen molar-refractivity contribution in [2.45, 2.75) is 37.8 Å². The molecule has 0 saturated carbocycles. The Morgan fingerprint density at radius 2 is 1.87 bits per heavy atom. The van der Waals surface area contributed by atoms with Crippen molar-refractivity contribution in [3.63, 3.8) is 0 Å². The molecule has 6 nitrogen and oxygen atoms in total. The largest absolute Gasteiger partial charge is 0.341 e. The SMILES string of the molecule is CCc1cnc(N2CCC(Cc3nnc(SC)n3C)CC2)nc1. The Morgan fingerprint density at radius 3 is 2.43 bits per heavy atom. The van der Waals surface area contributed by atoms with Gasteiger partial charge in [0.15, 0.2) is 5.16 Å². The molecule has 0 spiro atoms. The smallest absolute Gasteiger partial charge is 0.225 e. The lowest BCUT2D eigenvalue weighted by Gasteiger charge is -2.31. The molecule has 7 heteroatoms. The third kappa shape index (κ3) is 3.65. The van der Waals surface area contributed by atoms with Gasteiger partial charge in [0, 0.05) is 39.0 Å². The lowest BCUT2D eigenvalue weighted by atomic mass is 9.93. The van der Waals surface area contributed by atoms with Crippen molar-refractivity contribution in [3.8, 4) is 0 Å². The molecular formula is C16H24N6S. The number of aryl methyl sites for hydroxylation is 1. The average Bonchev–Trinajstić information content (AvgIpc) is 2.96. The summed E-state index contributed by atoms with van der Waals surface area (Å²) in [6.45, 7) is 4.16. The van der Waals surface area contributed by atoms with Crippen LogP contribution in [0, 0.1) is 5.92 Å². The Kier molecular flexibility index (Phi) is 5.15. The van der Waals surface area contributed by atoms with E-state index in [2.05, 4.69) is 43.6 Å². The van der Waals surface area contributed by atoms with Crippen molar-refractivity contribution in [3.05, 3.63) is 23.8 Å². The second-order valence-corrected chi connectivity index (χ2v) is 6.81. The van der Waals surface area contributed by atoms with Gasteiger partial charge >= 0.3 is 0 Å². The van der Waals surface area contributed by atoms with Gasteiger partial charge in [-0.1, -0.05) is 18.7 Å². The molecule has 23 heavy (non-hydrogen) atoms. The minimum Gasteiger partial charge on any atom is -0.341 e. The average molecular weight is 332 g/mol. The molecule has 0 aromatic carbocycles. The van der Waals surface area contributed by atoms with Crippen LogP contribution in [0.1, 0.15) is 31.2 Å². The molecule has 1 aliphatic heterocycles. The van der Waals surface area contributed by atoms with Gasteiger partial charge in [0.25, 0.3) is 0 Å². The van der Waals surface area contributed by atoms with Crippen LogP contribution in [0.3, 0.4) is 0 Å². The van der Waals surface area contributed by atoms with Crippen molar-refractivity contribution in [1.29, 1.82) is 0 Å². The van der Waals surface area contributed by atoms with Gasteiger partial charge in [-0.05, 0) is 37.0 Å². The predicted octanol–water partition coefficient (Wildman–Crippen LogP) is 2.35. The Labute approximate surface area is 141 Å². The number of rotatable bonds is 5. The van der Waals surface area contributed by atoms with Crippen LogP contribution in [0.2, 0.25) is 0 Å². The highest BCUT2D eigenvalue weighted by Gasteiger charge is 2.23. The Balaban J connectivity index is 1.56. The van der Waals surface area contributed by atoms with Crippen molar-refractivity contribution < 1.29 is 0 Å². The monoisotopic (exact) mass is 332 g/mol. The quantitative estimate of drug-likeness (QED) is 0.783. The molecule has 1 saturated heterocycles. The molecule has 0 aliphatic carbocycles. The molecule has 0 bridgehead atoms. The summed E-state index contributed by atoms with van der Waals surface area (Å²) < 4.78 is 2.11. The van der Waals surface area contributed by atoms with Gasteiger partial charge in [0.2, 0.25) is 5.95 Å². The highest BCUT2D eigenvalue weighted by molar-refractivity contribution is 7.98. The van der Waals surface area contributed by atoms with E-state index in [1.807, 2.05) is 18.6 Å². The third-order valence-corrected chi connectivity index (χ3v) is 5.30. The van der Waals surface area contributed by atoms with Gasteiger partial charge in [-0.2, -0.15) is 0 Å². The lowest BCUT2D eigenvalue weighted by molar-refractivity contribution is 0.389. The van der Waals surface area contributed by atoms with Gasteiger partial charge in [-0.25, -0.2) is 9.97 Å². The van der Waals surface area contributed by atoms with Crippen molar-refractivity contribution in [2.24, 2.45) is 13.0 Å². The Morgan fingerprint density at radius 1 is 1.17 bits per heavy atom. The first-order chi connectivity index (χ1) is 11.2. The first-order valence-electron chi connectivity index (χ1n) is 8.19. The number of hydrogen-bond acceptors (Lipinski definition) is 6. The lowest BCUT2D eigenvalue weighted by Crippen LogP contribution is -2.35. The predicted molar refractivity (Wildman–Crippen MR) is 92.8 cm³/mol. The minimum absolute atomic E-state index is 0.666. The van der Waals surface area contributed by atoms with Crippen LogP contribution in [0.15, 0.2) is 17.6 Å². The number of anilines is 1. The highest BCUT2D eigenvalue weighted by Crippen LogP contribution is 2.24. The normalized spacial score (nSPS) is 16.0. The maximum atomic E-state index is 4.50. The Hall–Kier alpha value is -1.63.